The molecule has 0 bridgehead atoms. The Kier molecular flexibility index (Phi) is 22.6. The molecular formula is C47H58N4O6. The highest BCUT2D eigenvalue weighted by atomic mass is 16.4. The Morgan fingerprint density at radius 3 is 1.54 bits per heavy atom. The lowest BCUT2D eigenvalue weighted by atomic mass is 9.98. The molecule has 1 heterocycles. The Bertz CT molecular complexity index is 1870. The first kappa shape index (κ1) is 47.0. The number of aromatic carboxylic acids is 2. The Balaban J connectivity index is 0.000000380. The molecule has 5 rings (SSSR count). The summed E-state index contributed by atoms with van der Waals surface area (Å²) in [5.74, 6) is -2.51. The third-order valence-electron chi connectivity index (χ3n) is 8.83. The highest BCUT2D eigenvalue weighted by molar-refractivity contribution is 6.07. The Hall–Kier alpha value is -6.13. The van der Waals surface area contributed by atoms with E-state index >= 15 is 0 Å². The Morgan fingerprint density at radius 1 is 0.579 bits per heavy atom. The van der Waals surface area contributed by atoms with Crippen LogP contribution in [0.25, 0.3) is 0 Å². The SMILES string of the molecule is C.CC(CCNC(=O)c1ccncc1C(=O)NCCCCc1ccccc1)Cc1ccccc1.NCCCCc1ccccc1.O=C(O)c1ccccc1C(=O)O. The quantitative estimate of drug-likeness (QED) is 0.0552. The fourth-order valence-electron chi connectivity index (χ4n) is 5.79. The van der Waals surface area contributed by atoms with Gasteiger partial charge in [0.1, 0.15) is 0 Å². The van der Waals surface area contributed by atoms with Crippen molar-refractivity contribution < 1.29 is 29.4 Å². The second-order valence-electron chi connectivity index (χ2n) is 13.3. The van der Waals surface area contributed by atoms with Gasteiger partial charge in [-0.25, -0.2) is 9.59 Å². The highest BCUT2D eigenvalue weighted by Gasteiger charge is 2.17. The molecule has 0 aliphatic heterocycles. The molecule has 1 unspecified atom stereocenters. The first-order valence-corrected chi connectivity index (χ1v) is 19.1. The number of amides is 2. The molecule has 0 saturated heterocycles. The van der Waals surface area contributed by atoms with Gasteiger partial charge in [-0.3, -0.25) is 14.6 Å². The number of hydrogen-bond acceptors (Lipinski definition) is 6. The second-order valence-corrected chi connectivity index (χ2v) is 13.3. The van der Waals surface area contributed by atoms with Crippen LogP contribution in [0.3, 0.4) is 0 Å². The summed E-state index contributed by atoms with van der Waals surface area (Å²) in [4.78, 5) is 50.4. The first-order valence-electron chi connectivity index (χ1n) is 19.1. The minimum Gasteiger partial charge on any atom is -0.478 e. The molecule has 0 fully saturated rings. The number of carbonyl (C=O) groups excluding carboxylic acids is 2. The summed E-state index contributed by atoms with van der Waals surface area (Å²) < 4.78 is 0. The van der Waals surface area contributed by atoms with Crippen molar-refractivity contribution in [2.24, 2.45) is 11.7 Å². The van der Waals surface area contributed by atoms with Crippen molar-refractivity contribution in [3.8, 4) is 0 Å². The van der Waals surface area contributed by atoms with Crippen LogP contribution in [0.2, 0.25) is 0 Å². The average molecular weight is 775 g/mol. The lowest BCUT2D eigenvalue weighted by Crippen LogP contribution is -2.31. The number of rotatable bonds is 18. The van der Waals surface area contributed by atoms with Gasteiger partial charge < -0.3 is 26.6 Å². The van der Waals surface area contributed by atoms with Gasteiger partial charge in [0.05, 0.1) is 22.3 Å². The molecule has 2 amide bonds. The molecule has 0 aliphatic carbocycles. The Labute approximate surface area is 337 Å². The number of carbonyl (C=O) groups is 4. The number of benzene rings is 4. The van der Waals surface area contributed by atoms with Crippen molar-refractivity contribution in [2.75, 3.05) is 19.6 Å². The summed E-state index contributed by atoms with van der Waals surface area (Å²) in [5.41, 5.74) is 9.71. The van der Waals surface area contributed by atoms with E-state index in [1.807, 2.05) is 42.5 Å². The summed E-state index contributed by atoms with van der Waals surface area (Å²) in [6, 6.07) is 38.3. The van der Waals surface area contributed by atoms with Gasteiger partial charge in [-0.1, -0.05) is 117 Å². The standard InChI is InChI=1S/C28H33N3O2.C10H15N.C8H6O4.CH4/c1-22(20-24-13-6-3-7-14-24)15-19-31-27(32)25-16-18-29-21-26(25)28(33)30-17-9-8-12-23-10-4-2-5-11-23;11-9-5-4-8-10-6-2-1-3-7-10;9-7(10)5-3-1-2-4-6(5)8(11)12;/h2-7,10-11,13-14,16,18,21-22H,8-9,12,15,17,19-20H2,1H3,(H,30,33)(H,31,32);1-3,6-7H,4-5,8-9,11H2;1-4H,(H,9,10)(H,11,12);1H4. The number of nitrogens with two attached hydrogens (primary N) is 1. The van der Waals surface area contributed by atoms with Crippen LogP contribution in [-0.2, 0) is 19.3 Å². The summed E-state index contributed by atoms with van der Waals surface area (Å²) in [5, 5.41) is 23.0. The predicted molar refractivity (Wildman–Crippen MR) is 228 cm³/mol. The summed E-state index contributed by atoms with van der Waals surface area (Å²) in [6.45, 7) is 4.13. The molecular weight excluding hydrogens is 717 g/mol. The lowest BCUT2D eigenvalue weighted by Gasteiger charge is -2.13. The molecule has 0 spiro atoms. The number of hydrogen-bond donors (Lipinski definition) is 5. The van der Waals surface area contributed by atoms with Gasteiger partial charge in [-0.05, 0) is 98.7 Å². The topological polar surface area (TPSA) is 172 Å². The van der Waals surface area contributed by atoms with Crippen molar-refractivity contribution in [2.45, 2.75) is 65.7 Å². The molecule has 5 aromatic rings. The number of aryl methyl sites for hydroxylation is 2. The fourth-order valence-corrected chi connectivity index (χ4v) is 5.79. The molecule has 57 heavy (non-hydrogen) atoms. The summed E-state index contributed by atoms with van der Waals surface area (Å²) in [7, 11) is 0. The molecule has 302 valence electrons. The van der Waals surface area contributed by atoms with E-state index in [9.17, 15) is 19.2 Å². The van der Waals surface area contributed by atoms with E-state index in [4.69, 9.17) is 15.9 Å². The van der Waals surface area contributed by atoms with Crippen LogP contribution in [-0.4, -0.2) is 58.6 Å². The van der Waals surface area contributed by atoms with Crippen molar-refractivity contribution in [3.05, 3.63) is 173 Å². The van der Waals surface area contributed by atoms with Crippen molar-refractivity contribution in [3.63, 3.8) is 0 Å². The van der Waals surface area contributed by atoms with Gasteiger partial charge in [0, 0.05) is 25.5 Å². The van der Waals surface area contributed by atoms with E-state index in [0.717, 1.165) is 51.5 Å². The average Bonchev–Trinajstić information content (AvgIpc) is 3.22. The van der Waals surface area contributed by atoms with E-state index in [-0.39, 0.29) is 30.4 Å². The van der Waals surface area contributed by atoms with Crippen LogP contribution in [0.15, 0.2) is 134 Å². The zero-order valence-electron chi connectivity index (χ0n) is 32.1. The smallest absolute Gasteiger partial charge is 0.336 e. The normalized spacial score (nSPS) is 10.6. The zero-order chi connectivity index (χ0) is 40.4. The lowest BCUT2D eigenvalue weighted by molar-refractivity contribution is 0.0651. The molecule has 6 N–H and O–H groups in total. The molecule has 0 saturated carbocycles. The Morgan fingerprint density at radius 2 is 1.04 bits per heavy atom. The van der Waals surface area contributed by atoms with E-state index in [1.54, 1.807) is 12.3 Å². The van der Waals surface area contributed by atoms with E-state index < -0.39 is 11.9 Å². The van der Waals surface area contributed by atoms with Gasteiger partial charge in [0.2, 0.25) is 0 Å². The van der Waals surface area contributed by atoms with Crippen LogP contribution in [0.4, 0.5) is 0 Å². The number of unbranched alkanes of at least 4 members (excludes halogenated alkanes) is 2. The summed E-state index contributed by atoms with van der Waals surface area (Å²) in [6.07, 6.45) is 11.2. The van der Waals surface area contributed by atoms with E-state index in [0.29, 0.717) is 30.1 Å². The second kappa shape index (κ2) is 27.5. The van der Waals surface area contributed by atoms with Crippen LogP contribution >= 0.6 is 0 Å². The maximum absolute atomic E-state index is 12.7. The van der Waals surface area contributed by atoms with Crippen LogP contribution < -0.4 is 16.4 Å². The molecule has 10 nitrogen and oxygen atoms in total. The van der Waals surface area contributed by atoms with Crippen molar-refractivity contribution >= 4 is 23.8 Å². The van der Waals surface area contributed by atoms with Crippen molar-refractivity contribution in [1.82, 2.24) is 15.6 Å². The van der Waals surface area contributed by atoms with Crippen molar-refractivity contribution in [1.29, 1.82) is 0 Å². The molecule has 0 aliphatic rings. The van der Waals surface area contributed by atoms with Gasteiger partial charge in [0.15, 0.2) is 0 Å². The van der Waals surface area contributed by atoms with Crippen LogP contribution in [0.5, 0.6) is 0 Å². The van der Waals surface area contributed by atoms with Gasteiger partial charge in [0.25, 0.3) is 11.8 Å². The highest BCUT2D eigenvalue weighted by Crippen LogP contribution is 2.13. The number of nitrogens with zero attached hydrogens (tertiary/aromatic N) is 1. The minimum absolute atomic E-state index is 0. The molecule has 1 atom stereocenters. The largest absolute Gasteiger partial charge is 0.478 e. The van der Waals surface area contributed by atoms with Gasteiger partial charge in [-0.15, -0.1) is 0 Å². The number of carboxylic acids is 2. The number of nitrogens with one attached hydrogen (secondary N) is 2. The number of pyridine rings is 1. The predicted octanol–water partition coefficient (Wildman–Crippen LogP) is 8.52. The maximum Gasteiger partial charge on any atom is 0.336 e. The molecule has 1 aromatic heterocycles. The third kappa shape index (κ3) is 18.4. The van der Waals surface area contributed by atoms with Crippen LogP contribution in [0, 0.1) is 5.92 Å². The van der Waals surface area contributed by atoms with Crippen LogP contribution in [0.1, 0.15) is 105 Å². The van der Waals surface area contributed by atoms with Gasteiger partial charge in [-0.2, -0.15) is 0 Å². The molecule has 0 radical (unpaired) electrons. The summed E-state index contributed by atoms with van der Waals surface area (Å²) >= 11 is 0. The fraction of sp³-hybridized carbons (Fsp3) is 0.298. The van der Waals surface area contributed by atoms with Gasteiger partial charge >= 0.3 is 11.9 Å². The monoisotopic (exact) mass is 774 g/mol. The minimum atomic E-state index is -1.23. The maximum atomic E-state index is 12.7. The number of aromatic nitrogens is 1. The first-order chi connectivity index (χ1) is 27.2. The number of carboxylic acid groups (broad SMARTS) is 2. The third-order valence-corrected chi connectivity index (χ3v) is 8.83. The molecule has 4 aromatic carbocycles. The zero-order valence-corrected chi connectivity index (χ0v) is 32.1. The molecule has 10 heteroatoms. The van der Waals surface area contributed by atoms with E-state index in [1.165, 1.54) is 53.6 Å². The van der Waals surface area contributed by atoms with E-state index in [2.05, 4.69) is 71.1 Å².